The molecule has 0 amide bonds. The summed E-state index contributed by atoms with van der Waals surface area (Å²) in [5, 5.41) is 3.52. The van der Waals surface area contributed by atoms with E-state index in [9.17, 15) is 0 Å². The largest absolute Gasteiger partial charge is 0.312 e. The Labute approximate surface area is 141 Å². The van der Waals surface area contributed by atoms with Gasteiger partial charge in [-0.15, -0.1) is 12.4 Å². The van der Waals surface area contributed by atoms with E-state index in [2.05, 4.69) is 66.8 Å². The zero-order chi connectivity index (χ0) is 14.8. The summed E-state index contributed by atoms with van der Waals surface area (Å²) < 4.78 is 0. The number of benzene rings is 2. The van der Waals surface area contributed by atoms with Gasteiger partial charge >= 0.3 is 0 Å². The summed E-state index contributed by atoms with van der Waals surface area (Å²) in [4.78, 5) is 0. The van der Waals surface area contributed by atoms with Gasteiger partial charge in [-0.25, -0.2) is 0 Å². The van der Waals surface area contributed by atoms with Crippen LogP contribution in [0.2, 0.25) is 0 Å². The first-order chi connectivity index (χ1) is 10.4. The molecule has 2 rings (SSSR count). The molecule has 0 spiro atoms. The van der Waals surface area contributed by atoms with Crippen LogP contribution in [-0.2, 0) is 19.4 Å². The topological polar surface area (TPSA) is 12.0 Å². The van der Waals surface area contributed by atoms with Gasteiger partial charge in [0.05, 0.1) is 0 Å². The summed E-state index contributed by atoms with van der Waals surface area (Å²) in [6.45, 7) is 4.25. The Balaban J connectivity index is 0.00000242. The number of nitrogens with one attached hydrogen (secondary N) is 1. The molecule has 1 N–H and O–H groups in total. The van der Waals surface area contributed by atoms with Gasteiger partial charge < -0.3 is 5.32 Å². The molecule has 0 unspecified atom stereocenters. The molecule has 0 aliphatic carbocycles. The van der Waals surface area contributed by atoms with Crippen molar-refractivity contribution in [2.24, 2.45) is 0 Å². The molecule has 2 heteroatoms. The van der Waals surface area contributed by atoms with Crippen LogP contribution < -0.4 is 5.32 Å². The summed E-state index contributed by atoms with van der Waals surface area (Å²) in [5.41, 5.74) is 4.29. The Morgan fingerprint density at radius 2 is 1.45 bits per heavy atom. The predicted octanol–water partition coefficient (Wildman–Crippen LogP) is 5.17. The third-order valence-electron chi connectivity index (χ3n) is 3.82. The Bertz CT molecular complexity index is 510. The standard InChI is InChI=1S/C20H27N.ClH/c1-2-3-5-9-18-12-8-13-19(16-18)14-15-21-17-20-10-6-4-7-11-20;/h4,6-8,10-13,16,21H,2-3,5,9,14-15,17H2,1H3;1H. The fourth-order valence-electron chi connectivity index (χ4n) is 2.58. The number of hydrogen-bond acceptors (Lipinski definition) is 1. The Morgan fingerprint density at radius 3 is 2.18 bits per heavy atom. The second-order valence-electron chi connectivity index (χ2n) is 5.69. The zero-order valence-corrected chi connectivity index (χ0v) is 14.4. The van der Waals surface area contributed by atoms with Gasteiger partial charge in [-0.2, -0.15) is 0 Å². The van der Waals surface area contributed by atoms with Gasteiger partial charge in [-0.3, -0.25) is 0 Å². The third-order valence-corrected chi connectivity index (χ3v) is 3.82. The molecule has 0 heterocycles. The van der Waals surface area contributed by atoms with Crippen LogP contribution >= 0.6 is 12.4 Å². The fraction of sp³-hybridized carbons (Fsp3) is 0.400. The van der Waals surface area contributed by atoms with Crippen LogP contribution in [0.3, 0.4) is 0 Å². The van der Waals surface area contributed by atoms with Crippen molar-refractivity contribution in [3.63, 3.8) is 0 Å². The van der Waals surface area contributed by atoms with E-state index in [1.54, 1.807) is 0 Å². The van der Waals surface area contributed by atoms with Crippen LogP contribution in [0.1, 0.15) is 42.9 Å². The highest BCUT2D eigenvalue weighted by Crippen LogP contribution is 2.10. The van der Waals surface area contributed by atoms with Crippen molar-refractivity contribution >= 4 is 12.4 Å². The lowest BCUT2D eigenvalue weighted by molar-refractivity contribution is 0.685. The highest BCUT2D eigenvalue weighted by Gasteiger charge is 1.97. The van der Waals surface area contributed by atoms with Crippen LogP contribution in [0.5, 0.6) is 0 Å². The molecular formula is C20H28ClN. The summed E-state index contributed by atoms with van der Waals surface area (Å²) in [6, 6.07) is 19.7. The van der Waals surface area contributed by atoms with E-state index >= 15 is 0 Å². The Morgan fingerprint density at radius 1 is 0.773 bits per heavy atom. The Hall–Kier alpha value is -1.31. The van der Waals surface area contributed by atoms with E-state index in [0.717, 1.165) is 19.5 Å². The number of unbranched alkanes of at least 4 members (excludes halogenated alkanes) is 2. The molecule has 0 aliphatic heterocycles. The van der Waals surface area contributed by atoms with Crippen molar-refractivity contribution in [3.8, 4) is 0 Å². The van der Waals surface area contributed by atoms with Gasteiger partial charge in [0.1, 0.15) is 0 Å². The van der Waals surface area contributed by atoms with Crippen LogP contribution in [0.15, 0.2) is 54.6 Å². The summed E-state index contributed by atoms with van der Waals surface area (Å²) in [5.74, 6) is 0. The van der Waals surface area contributed by atoms with Crippen molar-refractivity contribution in [1.82, 2.24) is 5.32 Å². The van der Waals surface area contributed by atoms with Crippen LogP contribution in [0, 0.1) is 0 Å². The molecule has 0 atom stereocenters. The van der Waals surface area contributed by atoms with E-state index in [-0.39, 0.29) is 12.4 Å². The molecule has 0 saturated heterocycles. The molecule has 120 valence electrons. The first-order valence-corrected chi connectivity index (χ1v) is 8.21. The van der Waals surface area contributed by atoms with Crippen LogP contribution in [-0.4, -0.2) is 6.54 Å². The molecule has 2 aromatic carbocycles. The monoisotopic (exact) mass is 317 g/mol. The first kappa shape index (κ1) is 18.7. The lowest BCUT2D eigenvalue weighted by Gasteiger charge is -2.07. The zero-order valence-electron chi connectivity index (χ0n) is 13.6. The van der Waals surface area contributed by atoms with Crippen molar-refractivity contribution in [2.45, 2.75) is 45.6 Å². The summed E-state index contributed by atoms with van der Waals surface area (Å²) in [7, 11) is 0. The SMILES string of the molecule is CCCCCc1cccc(CCNCc2ccccc2)c1.Cl. The maximum atomic E-state index is 3.52. The number of aryl methyl sites for hydroxylation is 1. The minimum atomic E-state index is 0. The van der Waals surface area contributed by atoms with Gasteiger partial charge in [0.2, 0.25) is 0 Å². The van der Waals surface area contributed by atoms with E-state index in [1.807, 2.05) is 0 Å². The maximum absolute atomic E-state index is 3.52. The predicted molar refractivity (Wildman–Crippen MR) is 98.8 cm³/mol. The molecule has 22 heavy (non-hydrogen) atoms. The molecule has 0 bridgehead atoms. The van der Waals surface area contributed by atoms with Crippen molar-refractivity contribution in [1.29, 1.82) is 0 Å². The highest BCUT2D eigenvalue weighted by molar-refractivity contribution is 5.85. The number of rotatable bonds is 9. The Kier molecular flexibility index (Phi) is 9.61. The second-order valence-corrected chi connectivity index (χ2v) is 5.69. The number of hydrogen-bond donors (Lipinski definition) is 1. The molecule has 2 aromatic rings. The van der Waals surface area contributed by atoms with E-state index in [0.29, 0.717) is 0 Å². The van der Waals surface area contributed by atoms with Gasteiger partial charge in [0.25, 0.3) is 0 Å². The van der Waals surface area contributed by atoms with E-state index in [4.69, 9.17) is 0 Å². The van der Waals surface area contributed by atoms with Gasteiger partial charge in [-0.05, 0) is 42.5 Å². The quantitative estimate of drug-likeness (QED) is 0.629. The fourth-order valence-corrected chi connectivity index (χ4v) is 2.58. The molecule has 0 saturated carbocycles. The second kappa shape index (κ2) is 11.3. The van der Waals surface area contributed by atoms with E-state index in [1.165, 1.54) is 42.4 Å². The number of halogens is 1. The summed E-state index contributed by atoms with van der Waals surface area (Å²) >= 11 is 0. The van der Waals surface area contributed by atoms with Crippen LogP contribution in [0.4, 0.5) is 0 Å². The molecule has 0 fully saturated rings. The molecule has 0 aromatic heterocycles. The van der Waals surface area contributed by atoms with Gasteiger partial charge in [-0.1, -0.05) is 74.4 Å². The summed E-state index contributed by atoms with van der Waals surface area (Å²) in [6.07, 6.45) is 6.27. The van der Waals surface area contributed by atoms with E-state index < -0.39 is 0 Å². The minimum absolute atomic E-state index is 0. The molecule has 0 radical (unpaired) electrons. The van der Waals surface area contributed by atoms with Crippen molar-refractivity contribution in [2.75, 3.05) is 6.54 Å². The normalized spacial score (nSPS) is 10.2. The smallest absolute Gasteiger partial charge is 0.0205 e. The average molecular weight is 318 g/mol. The van der Waals surface area contributed by atoms with Crippen LogP contribution in [0.25, 0.3) is 0 Å². The molecule has 0 aliphatic rings. The highest BCUT2D eigenvalue weighted by atomic mass is 35.5. The lowest BCUT2D eigenvalue weighted by atomic mass is 10.0. The molecular weight excluding hydrogens is 290 g/mol. The maximum Gasteiger partial charge on any atom is 0.0205 e. The first-order valence-electron chi connectivity index (χ1n) is 8.21. The third kappa shape index (κ3) is 7.11. The van der Waals surface area contributed by atoms with Gasteiger partial charge in [0, 0.05) is 6.54 Å². The average Bonchev–Trinajstić information content (AvgIpc) is 2.53. The van der Waals surface area contributed by atoms with Crippen molar-refractivity contribution in [3.05, 3.63) is 71.3 Å². The lowest BCUT2D eigenvalue weighted by Crippen LogP contribution is -2.16. The van der Waals surface area contributed by atoms with Crippen molar-refractivity contribution < 1.29 is 0 Å². The van der Waals surface area contributed by atoms with Gasteiger partial charge in [0.15, 0.2) is 0 Å². The minimum Gasteiger partial charge on any atom is -0.312 e. The molecule has 1 nitrogen and oxygen atoms in total.